The van der Waals surface area contributed by atoms with Crippen LogP contribution in [-0.4, -0.2) is 16.3 Å². The van der Waals surface area contributed by atoms with Gasteiger partial charge < -0.3 is 0 Å². The molecule has 3 rings (SSSR count). The molecule has 0 bridgehead atoms. The van der Waals surface area contributed by atoms with Gasteiger partial charge in [0.05, 0.1) is 5.12 Å². The van der Waals surface area contributed by atoms with E-state index in [2.05, 4.69) is 51.3 Å². The van der Waals surface area contributed by atoms with E-state index in [4.69, 9.17) is 5.84 Å². The highest BCUT2D eigenvalue weighted by molar-refractivity contribution is 9.17. The molecule has 0 amide bonds. The second kappa shape index (κ2) is 6.73. The Hall–Kier alpha value is -2.17. The Balaban J connectivity index is 2.08. The van der Waals surface area contributed by atoms with Gasteiger partial charge in [-0.2, -0.15) is 0 Å². The van der Waals surface area contributed by atoms with Crippen LogP contribution in [0.15, 0.2) is 77.9 Å². The molecule has 0 saturated heterocycles. The Morgan fingerprint density at radius 3 is 2.14 bits per heavy atom. The zero-order valence-electron chi connectivity index (χ0n) is 11.9. The minimum Gasteiger partial charge on any atom is -0.289 e. The number of hydrogen-bond donors (Lipinski definition) is 1. The number of nitrogens with zero attached hydrogens (tertiary/aromatic N) is 2. The number of hydrazine groups is 1. The maximum atomic E-state index is 6.20. The van der Waals surface area contributed by atoms with Crippen LogP contribution in [0.25, 0.3) is 11.1 Å². The van der Waals surface area contributed by atoms with E-state index < -0.39 is 0 Å². The van der Waals surface area contributed by atoms with E-state index in [0.717, 1.165) is 22.3 Å². The summed E-state index contributed by atoms with van der Waals surface area (Å²) in [6.07, 6.45) is 3.83. The van der Waals surface area contributed by atoms with Crippen molar-refractivity contribution in [2.45, 2.75) is 6.17 Å². The van der Waals surface area contributed by atoms with Crippen molar-refractivity contribution in [2.24, 2.45) is 10.8 Å². The molecule has 2 aromatic rings. The predicted molar refractivity (Wildman–Crippen MR) is 96.1 cm³/mol. The molecule has 2 aromatic carbocycles. The van der Waals surface area contributed by atoms with E-state index in [1.807, 2.05) is 42.6 Å². The third-order valence-corrected chi connectivity index (χ3v) is 3.81. The standard InChI is InChI=1S/C18H16BrN3/c19-13-21-18-17(15-9-5-2-6-10-15)11-16(12-22(18)20)14-7-3-1-4-8-14/h1-13,18H,20H2/b21-13+. The Morgan fingerprint density at radius 1 is 0.955 bits per heavy atom. The minimum atomic E-state index is -0.241. The molecule has 110 valence electrons. The van der Waals surface area contributed by atoms with Gasteiger partial charge in [0.25, 0.3) is 0 Å². The van der Waals surface area contributed by atoms with Crippen molar-refractivity contribution in [2.75, 3.05) is 0 Å². The van der Waals surface area contributed by atoms with Gasteiger partial charge in [-0.3, -0.25) is 10.0 Å². The highest BCUT2D eigenvalue weighted by atomic mass is 79.9. The average molecular weight is 354 g/mol. The van der Waals surface area contributed by atoms with Crippen LogP contribution in [0.4, 0.5) is 0 Å². The van der Waals surface area contributed by atoms with Crippen LogP contribution in [0.2, 0.25) is 0 Å². The van der Waals surface area contributed by atoms with Crippen molar-refractivity contribution in [3.63, 3.8) is 0 Å². The third-order valence-electron chi connectivity index (χ3n) is 3.57. The molecule has 1 aliphatic heterocycles. The SMILES string of the molecule is NN1C=C(c2ccccc2)C=C(c2ccccc2)C1/N=C/Br. The van der Waals surface area contributed by atoms with Crippen molar-refractivity contribution in [1.29, 1.82) is 0 Å². The van der Waals surface area contributed by atoms with Gasteiger partial charge >= 0.3 is 0 Å². The van der Waals surface area contributed by atoms with E-state index in [1.54, 1.807) is 10.1 Å². The average Bonchev–Trinajstić information content (AvgIpc) is 2.58. The number of halogens is 1. The van der Waals surface area contributed by atoms with Crippen LogP contribution >= 0.6 is 15.9 Å². The van der Waals surface area contributed by atoms with E-state index in [9.17, 15) is 0 Å². The van der Waals surface area contributed by atoms with Crippen LogP contribution in [0, 0.1) is 0 Å². The van der Waals surface area contributed by atoms with Crippen molar-refractivity contribution in [3.8, 4) is 0 Å². The molecule has 0 fully saturated rings. The van der Waals surface area contributed by atoms with Crippen LogP contribution < -0.4 is 5.84 Å². The van der Waals surface area contributed by atoms with E-state index in [-0.39, 0.29) is 6.17 Å². The number of rotatable bonds is 3. The number of allylic oxidation sites excluding steroid dienone is 2. The smallest absolute Gasteiger partial charge is 0.161 e. The fraction of sp³-hybridized carbons (Fsp3) is 0.0556. The van der Waals surface area contributed by atoms with Gasteiger partial charge in [0.2, 0.25) is 0 Å². The molecule has 4 heteroatoms. The minimum absolute atomic E-state index is 0.241. The highest BCUT2D eigenvalue weighted by Gasteiger charge is 2.23. The fourth-order valence-corrected chi connectivity index (χ4v) is 2.76. The summed E-state index contributed by atoms with van der Waals surface area (Å²) in [7, 11) is 0. The molecule has 1 aliphatic rings. The second-order valence-corrected chi connectivity index (χ2v) is 5.39. The van der Waals surface area contributed by atoms with Gasteiger partial charge in [-0.15, -0.1) is 0 Å². The van der Waals surface area contributed by atoms with Gasteiger partial charge in [0.1, 0.15) is 0 Å². The van der Waals surface area contributed by atoms with Gasteiger partial charge in [-0.05, 0) is 38.7 Å². The third kappa shape index (κ3) is 3.03. The molecular formula is C18H16BrN3. The number of aliphatic imine (C=N–C) groups is 1. The van der Waals surface area contributed by atoms with Gasteiger partial charge in [-0.1, -0.05) is 60.7 Å². The summed E-state index contributed by atoms with van der Waals surface area (Å²) in [5.41, 5.74) is 4.39. The molecule has 22 heavy (non-hydrogen) atoms. The molecule has 0 spiro atoms. The van der Waals surface area contributed by atoms with Crippen molar-refractivity contribution >= 4 is 32.2 Å². The lowest BCUT2D eigenvalue weighted by molar-refractivity contribution is 0.348. The second-order valence-electron chi connectivity index (χ2n) is 4.98. The van der Waals surface area contributed by atoms with Crippen LogP contribution in [0.1, 0.15) is 11.1 Å². The molecule has 2 N–H and O–H groups in total. The summed E-state index contributed by atoms with van der Waals surface area (Å²) in [6, 6.07) is 20.4. The molecule has 1 heterocycles. The lowest BCUT2D eigenvalue weighted by atomic mass is 9.95. The van der Waals surface area contributed by atoms with E-state index in [0.29, 0.717) is 0 Å². The Bertz CT molecular complexity index is 721. The number of nitrogens with two attached hydrogens (primary N) is 1. The number of hydrogen-bond acceptors (Lipinski definition) is 3. The van der Waals surface area contributed by atoms with Gasteiger partial charge in [0.15, 0.2) is 6.17 Å². The summed E-state index contributed by atoms with van der Waals surface area (Å²) < 4.78 is 0. The first-order valence-corrected chi connectivity index (χ1v) is 7.90. The van der Waals surface area contributed by atoms with Crippen molar-refractivity contribution < 1.29 is 0 Å². The zero-order valence-corrected chi connectivity index (χ0v) is 13.5. The summed E-state index contributed by atoms with van der Waals surface area (Å²) in [6.45, 7) is 0. The van der Waals surface area contributed by atoms with Crippen molar-refractivity contribution in [3.05, 3.63) is 84.1 Å². The molecular weight excluding hydrogens is 338 g/mol. The van der Waals surface area contributed by atoms with Gasteiger partial charge in [0, 0.05) is 11.8 Å². The summed E-state index contributed by atoms with van der Waals surface area (Å²) in [5, 5.41) is 3.25. The Kier molecular flexibility index (Phi) is 4.51. The highest BCUT2D eigenvalue weighted by Crippen LogP contribution is 2.31. The molecule has 1 atom stereocenters. The normalized spacial score (nSPS) is 18.3. The first-order chi connectivity index (χ1) is 10.8. The molecule has 1 unspecified atom stereocenters. The van der Waals surface area contributed by atoms with Gasteiger partial charge in [-0.25, -0.2) is 5.84 Å². The summed E-state index contributed by atoms with van der Waals surface area (Å²) in [5.74, 6) is 6.20. The lowest BCUT2D eigenvalue weighted by Crippen LogP contribution is -2.38. The van der Waals surface area contributed by atoms with Crippen LogP contribution in [0.3, 0.4) is 0 Å². The predicted octanol–water partition coefficient (Wildman–Crippen LogP) is 4.05. The number of benzene rings is 2. The Labute approximate surface area is 138 Å². The summed E-state index contributed by atoms with van der Waals surface area (Å²) >= 11 is 3.25. The van der Waals surface area contributed by atoms with Crippen LogP contribution in [-0.2, 0) is 0 Å². The molecule has 0 aromatic heterocycles. The maximum absolute atomic E-state index is 6.20. The molecule has 0 saturated carbocycles. The largest absolute Gasteiger partial charge is 0.289 e. The molecule has 0 aliphatic carbocycles. The zero-order chi connectivity index (χ0) is 15.4. The molecule has 3 nitrogen and oxygen atoms in total. The van der Waals surface area contributed by atoms with Crippen LogP contribution in [0.5, 0.6) is 0 Å². The monoisotopic (exact) mass is 353 g/mol. The van der Waals surface area contributed by atoms with Crippen molar-refractivity contribution in [1.82, 2.24) is 5.01 Å². The quantitative estimate of drug-likeness (QED) is 0.667. The first kappa shape index (κ1) is 14.8. The van der Waals surface area contributed by atoms with E-state index >= 15 is 0 Å². The van der Waals surface area contributed by atoms with E-state index in [1.165, 1.54) is 0 Å². The maximum Gasteiger partial charge on any atom is 0.161 e. The Morgan fingerprint density at radius 2 is 1.55 bits per heavy atom. The summed E-state index contributed by atoms with van der Waals surface area (Å²) in [4.78, 5) is 4.43. The topological polar surface area (TPSA) is 41.6 Å². The first-order valence-electron chi connectivity index (χ1n) is 6.99. The lowest BCUT2D eigenvalue weighted by Gasteiger charge is -2.30. The molecule has 0 radical (unpaired) electrons. The fourth-order valence-electron chi connectivity index (χ4n) is 2.53.